The molecule has 3 aromatic carbocycles. The van der Waals surface area contributed by atoms with Crippen LogP contribution in [0.5, 0.6) is 0 Å². The molecule has 0 saturated heterocycles. The highest BCUT2D eigenvalue weighted by Crippen LogP contribution is 2.34. The summed E-state index contributed by atoms with van der Waals surface area (Å²) in [4.78, 5) is 35.9. The van der Waals surface area contributed by atoms with E-state index >= 15 is 0 Å². The van der Waals surface area contributed by atoms with E-state index in [0.29, 0.717) is 23.1 Å². The van der Waals surface area contributed by atoms with Crippen molar-refractivity contribution in [3.8, 4) is 11.3 Å². The summed E-state index contributed by atoms with van der Waals surface area (Å²) in [5.41, 5.74) is 7.05. The minimum Gasteiger partial charge on any atom is -0.366 e. The van der Waals surface area contributed by atoms with Gasteiger partial charge in [-0.15, -0.1) is 0 Å². The molecule has 9 heteroatoms. The van der Waals surface area contributed by atoms with E-state index in [4.69, 9.17) is 5.73 Å². The zero-order valence-corrected chi connectivity index (χ0v) is 18.8. The van der Waals surface area contributed by atoms with E-state index in [0.717, 1.165) is 17.7 Å². The van der Waals surface area contributed by atoms with Crippen LogP contribution in [0.4, 0.5) is 14.6 Å². The van der Waals surface area contributed by atoms with Gasteiger partial charge in [0.1, 0.15) is 23.1 Å². The van der Waals surface area contributed by atoms with Crippen molar-refractivity contribution in [2.75, 3.05) is 4.90 Å². The Morgan fingerprint density at radius 2 is 1.75 bits per heavy atom. The van der Waals surface area contributed by atoms with Gasteiger partial charge in [-0.1, -0.05) is 42.5 Å². The maximum Gasteiger partial charge on any atom is 0.262 e. The average molecular weight is 483 g/mol. The second kappa shape index (κ2) is 9.38. The smallest absolute Gasteiger partial charge is 0.262 e. The van der Waals surface area contributed by atoms with Crippen LogP contribution in [-0.4, -0.2) is 26.2 Å². The number of fused-ring (bicyclic) bond motifs is 1. The molecule has 2 N–H and O–H groups in total. The number of imidazole rings is 1. The number of rotatable bonds is 6. The number of halogens is 2. The number of primary amides is 1. The van der Waals surface area contributed by atoms with Crippen molar-refractivity contribution in [3.05, 3.63) is 120 Å². The number of benzene rings is 3. The molecule has 5 rings (SSSR count). The third-order valence-corrected chi connectivity index (χ3v) is 5.64. The summed E-state index contributed by atoms with van der Waals surface area (Å²) in [5.74, 6) is -2.50. The molecule has 0 spiro atoms. The fraction of sp³-hybridized carbons (Fsp3) is 0.0370. The largest absolute Gasteiger partial charge is 0.366 e. The highest BCUT2D eigenvalue weighted by Gasteiger charge is 2.28. The van der Waals surface area contributed by atoms with Crippen LogP contribution in [-0.2, 0) is 6.54 Å². The van der Waals surface area contributed by atoms with Gasteiger partial charge in [-0.2, -0.15) is 0 Å². The molecule has 0 saturated carbocycles. The van der Waals surface area contributed by atoms with Crippen molar-refractivity contribution in [3.63, 3.8) is 0 Å². The molecule has 178 valence electrons. The second-order valence-corrected chi connectivity index (χ2v) is 8.02. The number of nitrogens with zero attached hydrogens (tertiary/aromatic N) is 4. The van der Waals surface area contributed by atoms with Crippen LogP contribution in [0.1, 0.15) is 26.3 Å². The predicted molar refractivity (Wildman–Crippen MR) is 130 cm³/mol. The summed E-state index contributed by atoms with van der Waals surface area (Å²) in [6, 6.07) is 20.1. The molecule has 2 heterocycles. The van der Waals surface area contributed by atoms with Gasteiger partial charge in [0.05, 0.1) is 12.1 Å². The van der Waals surface area contributed by atoms with Crippen molar-refractivity contribution in [2.24, 2.45) is 5.73 Å². The SMILES string of the molecule is NC(=O)c1cccc(-c2nc3ncccn3c2N(Cc2ccccc2)C(=O)c2ccc(F)cc2F)c1. The van der Waals surface area contributed by atoms with Gasteiger partial charge in [-0.3, -0.25) is 18.9 Å². The molecule has 36 heavy (non-hydrogen) atoms. The molecular formula is C27H19F2N5O2. The van der Waals surface area contributed by atoms with Crippen LogP contribution >= 0.6 is 0 Å². The van der Waals surface area contributed by atoms with Crippen LogP contribution in [0.25, 0.3) is 17.0 Å². The first-order valence-corrected chi connectivity index (χ1v) is 11.0. The van der Waals surface area contributed by atoms with Crippen molar-refractivity contribution in [1.29, 1.82) is 0 Å². The first-order chi connectivity index (χ1) is 17.4. The molecule has 0 radical (unpaired) electrons. The lowest BCUT2D eigenvalue weighted by atomic mass is 10.1. The van der Waals surface area contributed by atoms with Gasteiger partial charge in [0.25, 0.3) is 5.91 Å². The van der Waals surface area contributed by atoms with E-state index in [1.165, 1.54) is 4.90 Å². The Balaban J connectivity index is 1.75. The quantitative estimate of drug-likeness (QED) is 0.381. The number of amides is 2. The zero-order valence-electron chi connectivity index (χ0n) is 18.8. The number of hydrogen-bond acceptors (Lipinski definition) is 4. The van der Waals surface area contributed by atoms with Gasteiger partial charge in [-0.05, 0) is 35.9 Å². The van der Waals surface area contributed by atoms with Crippen molar-refractivity contribution in [1.82, 2.24) is 14.4 Å². The van der Waals surface area contributed by atoms with Crippen LogP contribution in [0.15, 0.2) is 91.3 Å². The standard InChI is InChI=1S/C27H19F2N5O2/c28-20-10-11-21(22(29)15-20)26(36)34(16-17-6-2-1-3-7-17)25-23(32-27-31-12-5-13-33(25)27)18-8-4-9-19(14-18)24(30)35/h1-15H,16H2,(H2,30,35). The number of anilines is 1. The van der Waals surface area contributed by atoms with E-state index in [1.54, 1.807) is 47.1 Å². The molecule has 0 aliphatic carbocycles. The van der Waals surface area contributed by atoms with Crippen molar-refractivity contribution < 1.29 is 18.4 Å². The molecule has 2 aromatic heterocycles. The maximum absolute atomic E-state index is 14.7. The summed E-state index contributed by atoms with van der Waals surface area (Å²) in [6.07, 6.45) is 3.23. The van der Waals surface area contributed by atoms with E-state index in [2.05, 4.69) is 9.97 Å². The molecule has 0 aliphatic heterocycles. The van der Waals surface area contributed by atoms with Crippen molar-refractivity contribution >= 4 is 23.4 Å². The van der Waals surface area contributed by atoms with Gasteiger partial charge in [0.15, 0.2) is 0 Å². The minimum absolute atomic E-state index is 0.0572. The zero-order chi connectivity index (χ0) is 25.2. The number of hydrogen-bond donors (Lipinski definition) is 1. The highest BCUT2D eigenvalue weighted by molar-refractivity contribution is 6.08. The maximum atomic E-state index is 14.7. The summed E-state index contributed by atoms with van der Waals surface area (Å²) in [7, 11) is 0. The molecule has 7 nitrogen and oxygen atoms in total. The molecule has 5 aromatic rings. The Hall–Kier alpha value is -4.92. The molecule has 0 aliphatic rings. The summed E-state index contributed by atoms with van der Waals surface area (Å²) in [5, 5.41) is 0. The van der Waals surface area contributed by atoms with E-state index in [-0.39, 0.29) is 23.4 Å². The Kier molecular flexibility index (Phi) is 5.95. The molecule has 0 fully saturated rings. The molecule has 2 amide bonds. The van der Waals surface area contributed by atoms with E-state index < -0.39 is 23.4 Å². The van der Waals surface area contributed by atoms with Gasteiger partial charge in [-0.25, -0.2) is 18.7 Å². The van der Waals surface area contributed by atoms with Gasteiger partial charge < -0.3 is 5.73 Å². The first-order valence-electron chi connectivity index (χ1n) is 11.0. The topological polar surface area (TPSA) is 93.6 Å². The molecule has 0 atom stereocenters. The lowest BCUT2D eigenvalue weighted by Crippen LogP contribution is -2.32. The summed E-state index contributed by atoms with van der Waals surface area (Å²) >= 11 is 0. The fourth-order valence-electron chi connectivity index (χ4n) is 3.96. The highest BCUT2D eigenvalue weighted by atomic mass is 19.1. The predicted octanol–water partition coefficient (Wildman–Crippen LogP) is 4.62. The third-order valence-electron chi connectivity index (χ3n) is 5.64. The van der Waals surface area contributed by atoms with Crippen LogP contribution in [0, 0.1) is 11.6 Å². The molecular weight excluding hydrogens is 464 g/mol. The van der Waals surface area contributed by atoms with E-state index in [9.17, 15) is 18.4 Å². The summed E-state index contributed by atoms with van der Waals surface area (Å²) < 4.78 is 30.0. The normalized spacial score (nSPS) is 10.9. The van der Waals surface area contributed by atoms with E-state index in [1.807, 2.05) is 30.3 Å². The van der Waals surface area contributed by atoms with Crippen LogP contribution in [0.2, 0.25) is 0 Å². The molecule has 0 unspecified atom stereocenters. The first kappa shape index (κ1) is 22.9. The number of carbonyl (C=O) groups excluding carboxylic acids is 2. The lowest BCUT2D eigenvalue weighted by molar-refractivity contribution is 0.0977. The third kappa shape index (κ3) is 4.29. The number of carbonyl (C=O) groups is 2. The van der Waals surface area contributed by atoms with Crippen LogP contribution < -0.4 is 10.6 Å². The Morgan fingerprint density at radius 1 is 0.944 bits per heavy atom. The van der Waals surface area contributed by atoms with Gasteiger partial charge in [0, 0.05) is 29.6 Å². The Bertz CT molecular complexity index is 1600. The Morgan fingerprint density at radius 3 is 2.50 bits per heavy atom. The van der Waals surface area contributed by atoms with Crippen LogP contribution in [0.3, 0.4) is 0 Å². The minimum atomic E-state index is -0.984. The molecule has 0 bridgehead atoms. The Labute approximate surface area is 204 Å². The summed E-state index contributed by atoms with van der Waals surface area (Å²) in [6.45, 7) is 0.0572. The number of aromatic nitrogens is 3. The fourth-order valence-corrected chi connectivity index (χ4v) is 3.96. The monoisotopic (exact) mass is 483 g/mol. The average Bonchev–Trinajstić information content (AvgIpc) is 3.27. The van der Waals surface area contributed by atoms with Gasteiger partial charge in [0.2, 0.25) is 11.7 Å². The van der Waals surface area contributed by atoms with Crippen molar-refractivity contribution in [2.45, 2.75) is 6.54 Å². The lowest BCUT2D eigenvalue weighted by Gasteiger charge is -2.24. The second-order valence-electron chi connectivity index (χ2n) is 8.02. The van der Waals surface area contributed by atoms with Gasteiger partial charge >= 0.3 is 0 Å². The number of nitrogens with two attached hydrogens (primary N) is 1.